The van der Waals surface area contributed by atoms with Crippen LogP contribution in [0.3, 0.4) is 0 Å². The van der Waals surface area contributed by atoms with Crippen LogP contribution in [-0.4, -0.2) is 9.97 Å². The third-order valence-corrected chi connectivity index (χ3v) is 4.28. The molecule has 1 aromatic carbocycles. The fourth-order valence-corrected chi connectivity index (χ4v) is 2.50. The molecule has 1 aromatic heterocycles. The second-order valence-electron chi connectivity index (χ2n) is 4.84. The number of nitrogens with zero attached hydrogens (tertiary/aromatic N) is 2. The molecule has 0 amide bonds. The first kappa shape index (κ1) is 13.8. The molecule has 20 heavy (non-hydrogen) atoms. The van der Waals surface area contributed by atoms with E-state index in [1.165, 1.54) is 6.07 Å². The van der Waals surface area contributed by atoms with Crippen molar-refractivity contribution >= 4 is 39.0 Å². The van der Waals surface area contributed by atoms with Crippen LogP contribution in [-0.2, 0) is 0 Å². The Hall–Kier alpha value is -1.20. The summed E-state index contributed by atoms with van der Waals surface area (Å²) < 4.78 is 14.5. The van der Waals surface area contributed by atoms with Crippen molar-refractivity contribution in [3.8, 4) is 0 Å². The molecule has 0 unspecified atom stereocenters. The van der Waals surface area contributed by atoms with Gasteiger partial charge < -0.3 is 5.32 Å². The van der Waals surface area contributed by atoms with Crippen LogP contribution >= 0.6 is 27.5 Å². The number of hydrogen-bond donors (Lipinski definition) is 1. The van der Waals surface area contributed by atoms with Crippen molar-refractivity contribution in [1.29, 1.82) is 0 Å². The fourth-order valence-electron chi connectivity index (χ4n) is 1.89. The zero-order valence-electron chi connectivity index (χ0n) is 10.8. The minimum atomic E-state index is -0.346. The Labute approximate surface area is 129 Å². The predicted octanol–water partition coefficient (Wildman–Crippen LogP) is 4.96. The Morgan fingerprint density at radius 1 is 1.35 bits per heavy atom. The lowest BCUT2D eigenvalue weighted by Gasteiger charge is -2.13. The van der Waals surface area contributed by atoms with Gasteiger partial charge in [0.2, 0.25) is 0 Å². The first-order valence-electron chi connectivity index (χ1n) is 6.31. The Morgan fingerprint density at radius 3 is 2.75 bits per heavy atom. The molecule has 2 aromatic rings. The summed E-state index contributed by atoms with van der Waals surface area (Å²) in [5.41, 5.74) is 1.07. The van der Waals surface area contributed by atoms with E-state index < -0.39 is 0 Å². The number of benzene rings is 1. The molecular weight excluding hydrogens is 345 g/mol. The van der Waals surface area contributed by atoms with Crippen molar-refractivity contribution in [1.82, 2.24) is 9.97 Å². The lowest BCUT2D eigenvalue weighted by atomic mass is 10.2. The number of anilines is 2. The maximum Gasteiger partial charge on any atom is 0.147 e. The zero-order valence-corrected chi connectivity index (χ0v) is 13.1. The molecule has 0 aliphatic heterocycles. The molecule has 0 spiro atoms. The lowest BCUT2D eigenvalue weighted by molar-refractivity contribution is 0.631. The Kier molecular flexibility index (Phi) is 3.65. The minimum absolute atomic E-state index is 0.346. The zero-order chi connectivity index (χ0) is 14.3. The van der Waals surface area contributed by atoms with E-state index in [0.717, 1.165) is 18.7 Å². The number of halogens is 3. The molecule has 0 saturated heterocycles. The van der Waals surface area contributed by atoms with Gasteiger partial charge in [0.05, 0.1) is 5.69 Å². The number of hydrogen-bond acceptors (Lipinski definition) is 3. The van der Waals surface area contributed by atoms with Crippen LogP contribution in [0.15, 0.2) is 22.7 Å². The molecule has 3 rings (SSSR count). The Balaban J connectivity index is 2.01. The molecule has 6 heteroatoms. The third-order valence-electron chi connectivity index (χ3n) is 3.25. The Morgan fingerprint density at radius 2 is 2.10 bits per heavy atom. The van der Waals surface area contributed by atoms with Crippen molar-refractivity contribution < 1.29 is 4.39 Å². The maximum atomic E-state index is 13.9. The SMILES string of the molecule is Cc1c(Cl)nc(C2CC2)nc1Nc1c(F)cccc1Br. The van der Waals surface area contributed by atoms with Gasteiger partial charge in [0.15, 0.2) is 0 Å². The van der Waals surface area contributed by atoms with Gasteiger partial charge in [0.1, 0.15) is 22.6 Å². The van der Waals surface area contributed by atoms with Gasteiger partial charge in [-0.05, 0) is 47.8 Å². The van der Waals surface area contributed by atoms with Crippen LogP contribution in [0.4, 0.5) is 15.9 Å². The summed E-state index contributed by atoms with van der Waals surface area (Å²) >= 11 is 9.47. The van der Waals surface area contributed by atoms with E-state index >= 15 is 0 Å². The van der Waals surface area contributed by atoms with Gasteiger partial charge >= 0.3 is 0 Å². The molecule has 104 valence electrons. The van der Waals surface area contributed by atoms with E-state index in [2.05, 4.69) is 31.2 Å². The maximum absolute atomic E-state index is 13.9. The van der Waals surface area contributed by atoms with Crippen molar-refractivity contribution in [2.75, 3.05) is 5.32 Å². The summed E-state index contributed by atoms with van der Waals surface area (Å²) in [5.74, 6) is 1.33. The molecule has 0 atom stereocenters. The molecular formula is C14H12BrClFN3. The van der Waals surface area contributed by atoms with Crippen molar-refractivity contribution in [3.63, 3.8) is 0 Å². The third kappa shape index (κ3) is 2.65. The molecule has 3 nitrogen and oxygen atoms in total. The second kappa shape index (κ2) is 5.30. The van der Waals surface area contributed by atoms with Crippen LogP contribution in [0.25, 0.3) is 0 Å². The summed E-state index contributed by atoms with van der Waals surface area (Å²) in [6.07, 6.45) is 2.17. The monoisotopic (exact) mass is 355 g/mol. The molecule has 1 aliphatic carbocycles. The molecule has 1 aliphatic rings. The molecule has 1 N–H and O–H groups in total. The smallest absolute Gasteiger partial charge is 0.147 e. The molecule has 0 radical (unpaired) electrons. The van der Waals surface area contributed by atoms with Gasteiger partial charge in [0, 0.05) is 16.0 Å². The standard InChI is InChI=1S/C14H12BrClFN3/c1-7-12(16)19-14(8-5-6-8)20-13(7)18-11-9(15)3-2-4-10(11)17/h2-4,8H,5-6H2,1H3,(H,18,19,20). The number of aromatic nitrogens is 2. The van der Waals surface area contributed by atoms with Gasteiger partial charge in [-0.25, -0.2) is 14.4 Å². The van der Waals surface area contributed by atoms with Crippen LogP contribution in [0.1, 0.15) is 30.1 Å². The van der Waals surface area contributed by atoms with E-state index in [1.807, 2.05) is 6.92 Å². The molecule has 1 heterocycles. The van der Waals surface area contributed by atoms with E-state index in [4.69, 9.17) is 11.6 Å². The normalized spacial score (nSPS) is 14.4. The van der Waals surface area contributed by atoms with Crippen molar-refractivity contribution in [2.45, 2.75) is 25.7 Å². The first-order chi connectivity index (χ1) is 9.56. The first-order valence-corrected chi connectivity index (χ1v) is 7.48. The van der Waals surface area contributed by atoms with Crippen LogP contribution in [0.2, 0.25) is 5.15 Å². The number of rotatable bonds is 3. The van der Waals surface area contributed by atoms with Gasteiger partial charge in [-0.15, -0.1) is 0 Å². The van der Waals surface area contributed by atoms with E-state index in [0.29, 0.717) is 32.6 Å². The lowest BCUT2D eigenvalue weighted by Crippen LogP contribution is -2.04. The van der Waals surface area contributed by atoms with Gasteiger partial charge in [-0.2, -0.15) is 0 Å². The largest absolute Gasteiger partial charge is 0.337 e. The average molecular weight is 357 g/mol. The number of para-hydroxylation sites is 1. The highest BCUT2D eigenvalue weighted by Crippen LogP contribution is 2.40. The average Bonchev–Trinajstić information content (AvgIpc) is 3.23. The second-order valence-corrected chi connectivity index (χ2v) is 6.05. The van der Waals surface area contributed by atoms with E-state index in [1.54, 1.807) is 12.1 Å². The summed E-state index contributed by atoms with van der Waals surface area (Å²) in [6, 6.07) is 4.80. The van der Waals surface area contributed by atoms with Crippen LogP contribution in [0, 0.1) is 12.7 Å². The molecule has 1 fully saturated rings. The highest BCUT2D eigenvalue weighted by molar-refractivity contribution is 9.10. The van der Waals surface area contributed by atoms with Crippen LogP contribution < -0.4 is 5.32 Å². The van der Waals surface area contributed by atoms with Crippen molar-refractivity contribution in [2.24, 2.45) is 0 Å². The molecule has 0 bridgehead atoms. The van der Waals surface area contributed by atoms with E-state index in [9.17, 15) is 4.39 Å². The predicted molar refractivity (Wildman–Crippen MR) is 81.1 cm³/mol. The van der Waals surface area contributed by atoms with E-state index in [-0.39, 0.29) is 5.82 Å². The summed E-state index contributed by atoms with van der Waals surface area (Å²) in [4.78, 5) is 8.77. The highest BCUT2D eigenvalue weighted by Gasteiger charge is 2.28. The minimum Gasteiger partial charge on any atom is -0.337 e. The topological polar surface area (TPSA) is 37.8 Å². The van der Waals surface area contributed by atoms with Gasteiger partial charge in [-0.1, -0.05) is 17.7 Å². The van der Waals surface area contributed by atoms with Crippen LogP contribution in [0.5, 0.6) is 0 Å². The highest BCUT2D eigenvalue weighted by atomic mass is 79.9. The summed E-state index contributed by atoms with van der Waals surface area (Å²) in [7, 11) is 0. The number of nitrogens with one attached hydrogen (secondary N) is 1. The van der Waals surface area contributed by atoms with Crippen molar-refractivity contribution in [3.05, 3.63) is 45.0 Å². The van der Waals surface area contributed by atoms with Gasteiger partial charge in [-0.3, -0.25) is 0 Å². The Bertz CT molecular complexity index is 653. The summed E-state index contributed by atoms with van der Waals surface area (Å²) in [5, 5.41) is 3.43. The fraction of sp³-hybridized carbons (Fsp3) is 0.286. The summed E-state index contributed by atoms with van der Waals surface area (Å²) in [6.45, 7) is 1.82. The van der Waals surface area contributed by atoms with Gasteiger partial charge in [0.25, 0.3) is 0 Å². The molecule has 1 saturated carbocycles. The quantitative estimate of drug-likeness (QED) is 0.790.